The van der Waals surface area contributed by atoms with E-state index in [0.29, 0.717) is 5.69 Å². The van der Waals surface area contributed by atoms with Crippen molar-refractivity contribution in [2.45, 2.75) is 13.0 Å². The fraction of sp³-hybridized carbons (Fsp3) is 0.200. The first kappa shape index (κ1) is 8.73. The molecule has 0 aliphatic carbocycles. The third-order valence-electron chi connectivity index (χ3n) is 1.66. The van der Waals surface area contributed by atoms with Crippen LogP contribution in [0, 0.1) is 11.8 Å². The van der Waals surface area contributed by atoms with E-state index in [-0.39, 0.29) is 0 Å². The van der Waals surface area contributed by atoms with Gasteiger partial charge < -0.3 is 5.11 Å². The summed E-state index contributed by atoms with van der Waals surface area (Å²) in [7, 11) is 0. The van der Waals surface area contributed by atoms with Crippen molar-refractivity contribution in [3.63, 3.8) is 0 Å². The largest absolute Gasteiger partial charge is 0.381 e. The van der Waals surface area contributed by atoms with Gasteiger partial charge in [0.2, 0.25) is 0 Å². The van der Waals surface area contributed by atoms with Crippen molar-refractivity contribution in [1.82, 2.24) is 14.6 Å². The van der Waals surface area contributed by atoms with E-state index in [1.165, 1.54) is 0 Å². The molecule has 0 saturated carbocycles. The molecule has 0 amide bonds. The molecule has 0 aliphatic rings. The fourth-order valence-corrected chi connectivity index (χ4v) is 1.06. The Bertz CT molecular complexity index is 505. The van der Waals surface area contributed by atoms with Gasteiger partial charge in [-0.1, -0.05) is 5.92 Å². The number of aliphatic hydroxyl groups is 1. The number of hydrogen-bond donors (Lipinski definition) is 1. The zero-order valence-corrected chi connectivity index (χ0v) is 7.68. The molecular formula is C10H9N3O. The van der Waals surface area contributed by atoms with E-state index < -0.39 is 6.10 Å². The van der Waals surface area contributed by atoms with Gasteiger partial charge in [0, 0.05) is 12.4 Å². The summed E-state index contributed by atoms with van der Waals surface area (Å²) in [6.07, 6.45) is 2.80. The minimum Gasteiger partial charge on any atom is -0.381 e. The van der Waals surface area contributed by atoms with Gasteiger partial charge in [-0.3, -0.25) is 0 Å². The highest BCUT2D eigenvalue weighted by atomic mass is 16.3. The lowest BCUT2D eigenvalue weighted by Crippen LogP contribution is -1.96. The van der Waals surface area contributed by atoms with E-state index >= 15 is 0 Å². The second-order valence-electron chi connectivity index (χ2n) is 2.89. The van der Waals surface area contributed by atoms with Gasteiger partial charge >= 0.3 is 0 Å². The average molecular weight is 187 g/mol. The Morgan fingerprint density at radius 2 is 2.36 bits per heavy atom. The van der Waals surface area contributed by atoms with Crippen LogP contribution < -0.4 is 0 Å². The van der Waals surface area contributed by atoms with Gasteiger partial charge in [0.15, 0.2) is 5.65 Å². The van der Waals surface area contributed by atoms with Crippen LogP contribution in [0.4, 0.5) is 0 Å². The van der Waals surface area contributed by atoms with Gasteiger partial charge in [0.1, 0.15) is 11.8 Å². The first-order valence-electron chi connectivity index (χ1n) is 4.26. The fourth-order valence-electron chi connectivity index (χ4n) is 1.06. The quantitative estimate of drug-likeness (QED) is 0.610. The number of imidazole rings is 1. The van der Waals surface area contributed by atoms with Crippen LogP contribution in [0.5, 0.6) is 0 Å². The van der Waals surface area contributed by atoms with Crippen molar-refractivity contribution in [1.29, 1.82) is 0 Å². The van der Waals surface area contributed by atoms with Crippen LogP contribution in [0.1, 0.15) is 12.6 Å². The van der Waals surface area contributed by atoms with Crippen molar-refractivity contribution >= 4 is 5.65 Å². The molecule has 0 aliphatic heterocycles. The Hall–Kier alpha value is -1.86. The lowest BCUT2D eigenvalue weighted by atomic mass is 10.3. The first-order chi connectivity index (χ1) is 6.75. The molecule has 2 heterocycles. The van der Waals surface area contributed by atoms with Gasteiger partial charge in [-0.05, 0) is 25.0 Å². The molecule has 4 heteroatoms. The van der Waals surface area contributed by atoms with Gasteiger partial charge in [-0.2, -0.15) is 5.10 Å². The van der Waals surface area contributed by atoms with Crippen molar-refractivity contribution < 1.29 is 5.11 Å². The molecule has 0 saturated heterocycles. The highest BCUT2D eigenvalue weighted by Gasteiger charge is 1.94. The predicted molar refractivity (Wildman–Crippen MR) is 51.5 cm³/mol. The summed E-state index contributed by atoms with van der Waals surface area (Å²) in [6, 6.07) is 3.61. The molecule has 0 aromatic carbocycles. The molecule has 2 rings (SSSR count). The Kier molecular flexibility index (Phi) is 2.17. The van der Waals surface area contributed by atoms with Gasteiger partial charge in [-0.25, -0.2) is 9.50 Å². The van der Waals surface area contributed by atoms with E-state index in [0.717, 1.165) is 5.65 Å². The van der Waals surface area contributed by atoms with E-state index in [9.17, 15) is 0 Å². The maximum atomic E-state index is 8.97. The van der Waals surface area contributed by atoms with Crippen LogP contribution in [0.25, 0.3) is 5.65 Å². The predicted octanol–water partition coefficient (Wildman–Crippen LogP) is 0.462. The van der Waals surface area contributed by atoms with E-state index in [4.69, 9.17) is 5.11 Å². The second kappa shape index (κ2) is 3.48. The van der Waals surface area contributed by atoms with Crippen LogP contribution in [-0.4, -0.2) is 25.8 Å². The topological polar surface area (TPSA) is 50.4 Å². The zero-order chi connectivity index (χ0) is 9.97. The summed E-state index contributed by atoms with van der Waals surface area (Å²) in [5.74, 6) is 5.39. The smallest absolute Gasteiger partial charge is 0.153 e. The molecule has 1 N–H and O–H groups in total. The van der Waals surface area contributed by atoms with Gasteiger partial charge in [0.05, 0.1) is 0 Å². The summed E-state index contributed by atoms with van der Waals surface area (Å²) in [4.78, 5) is 4.06. The lowest BCUT2D eigenvalue weighted by molar-refractivity contribution is 0.253. The molecule has 14 heavy (non-hydrogen) atoms. The highest BCUT2D eigenvalue weighted by molar-refractivity contribution is 5.39. The average Bonchev–Trinajstić information content (AvgIpc) is 2.61. The summed E-state index contributed by atoms with van der Waals surface area (Å²) < 4.78 is 1.64. The molecule has 4 nitrogen and oxygen atoms in total. The Morgan fingerprint density at radius 3 is 3.14 bits per heavy atom. The lowest BCUT2D eigenvalue weighted by Gasteiger charge is -1.93. The Labute approximate surface area is 81.2 Å². The number of aliphatic hydroxyl groups excluding tert-OH is 1. The molecule has 0 fully saturated rings. The molecule has 1 atom stereocenters. The molecule has 2 aromatic rings. The highest BCUT2D eigenvalue weighted by Crippen LogP contribution is 1.99. The van der Waals surface area contributed by atoms with Crippen LogP contribution >= 0.6 is 0 Å². The van der Waals surface area contributed by atoms with Crippen molar-refractivity contribution in [2.24, 2.45) is 0 Å². The Balaban J connectivity index is 2.41. The summed E-state index contributed by atoms with van der Waals surface area (Å²) >= 11 is 0. The van der Waals surface area contributed by atoms with Crippen LogP contribution in [0.2, 0.25) is 0 Å². The molecule has 0 bridgehead atoms. The van der Waals surface area contributed by atoms with E-state index in [2.05, 4.69) is 21.9 Å². The zero-order valence-electron chi connectivity index (χ0n) is 7.68. The number of nitrogens with zero attached hydrogens (tertiary/aromatic N) is 3. The van der Waals surface area contributed by atoms with Crippen molar-refractivity contribution in [3.05, 3.63) is 30.2 Å². The maximum Gasteiger partial charge on any atom is 0.153 e. The van der Waals surface area contributed by atoms with E-state index in [1.54, 1.807) is 29.9 Å². The molecular weight excluding hydrogens is 178 g/mol. The van der Waals surface area contributed by atoms with Crippen molar-refractivity contribution in [2.75, 3.05) is 0 Å². The summed E-state index contributed by atoms with van der Waals surface area (Å²) in [5, 5.41) is 13.1. The second-order valence-corrected chi connectivity index (χ2v) is 2.89. The SMILES string of the molecule is C[C@H](O)C#Cc1ccc2nccn2n1. The minimum atomic E-state index is -0.629. The number of rotatable bonds is 0. The molecule has 2 aromatic heterocycles. The van der Waals surface area contributed by atoms with Crippen LogP contribution in [0.3, 0.4) is 0 Å². The standard InChI is InChI=1S/C10H9N3O/c1-8(14)2-3-9-4-5-10-11-6-7-13(10)12-9/h4-8,14H,1H3/t8-/m0/s1. The Morgan fingerprint density at radius 1 is 1.50 bits per heavy atom. The maximum absolute atomic E-state index is 8.97. The van der Waals surface area contributed by atoms with Gasteiger partial charge in [0.25, 0.3) is 0 Å². The monoisotopic (exact) mass is 187 g/mol. The van der Waals surface area contributed by atoms with Crippen LogP contribution in [-0.2, 0) is 0 Å². The van der Waals surface area contributed by atoms with E-state index in [1.807, 2.05) is 6.07 Å². The number of aromatic nitrogens is 3. The first-order valence-corrected chi connectivity index (χ1v) is 4.26. The molecule has 0 spiro atoms. The molecule has 0 radical (unpaired) electrons. The van der Waals surface area contributed by atoms with Crippen LogP contribution in [0.15, 0.2) is 24.5 Å². The number of fused-ring (bicyclic) bond motifs is 1. The number of hydrogen-bond acceptors (Lipinski definition) is 3. The van der Waals surface area contributed by atoms with Crippen molar-refractivity contribution in [3.8, 4) is 11.8 Å². The minimum absolute atomic E-state index is 0.622. The molecule has 0 unspecified atom stereocenters. The third kappa shape index (κ3) is 1.73. The normalized spacial score (nSPS) is 12.1. The third-order valence-corrected chi connectivity index (χ3v) is 1.66. The summed E-state index contributed by atoms with van der Waals surface area (Å²) in [6.45, 7) is 1.61. The van der Waals surface area contributed by atoms with Gasteiger partial charge in [-0.15, -0.1) is 0 Å². The molecule has 70 valence electrons. The summed E-state index contributed by atoms with van der Waals surface area (Å²) in [5.41, 5.74) is 1.41.